The van der Waals surface area contributed by atoms with Crippen LogP contribution >= 0.6 is 0 Å². The minimum atomic E-state index is -0.448. The number of hydrogen-bond donors (Lipinski definition) is 1. The Kier molecular flexibility index (Phi) is 5.00. The largest absolute Gasteiger partial charge is 0.396 e. The molecule has 0 aliphatic carbocycles. The number of rotatable bonds is 7. The summed E-state index contributed by atoms with van der Waals surface area (Å²) < 4.78 is 20.3. The maximum atomic E-state index is 13.2. The summed E-state index contributed by atoms with van der Waals surface area (Å²) in [5, 5.41) is 11.5. The van der Waals surface area contributed by atoms with E-state index in [0.717, 1.165) is 19.4 Å². The molecule has 7 heteroatoms. The molecule has 6 nitrogen and oxygen atoms in total. The smallest absolute Gasteiger partial charge is 0.182 e. The highest BCUT2D eigenvalue weighted by molar-refractivity contribution is 5.61. The van der Waals surface area contributed by atoms with Crippen molar-refractivity contribution in [3.05, 3.63) is 24.0 Å². The third-order valence-electron chi connectivity index (χ3n) is 2.88. The first-order valence-electron chi connectivity index (χ1n) is 6.61. The monoisotopic (exact) mass is 279 g/mol. The number of aromatic nitrogens is 4. The van der Waals surface area contributed by atoms with Crippen molar-refractivity contribution in [1.82, 2.24) is 20.2 Å². The van der Waals surface area contributed by atoms with Crippen molar-refractivity contribution < 1.29 is 9.13 Å². The summed E-state index contributed by atoms with van der Waals surface area (Å²) in [4.78, 5) is 0. The lowest BCUT2D eigenvalue weighted by Crippen LogP contribution is -2.10. The highest BCUT2D eigenvalue weighted by Crippen LogP contribution is 2.20. The van der Waals surface area contributed by atoms with Crippen molar-refractivity contribution in [1.29, 1.82) is 0 Å². The van der Waals surface area contributed by atoms with Crippen LogP contribution in [-0.4, -0.2) is 33.4 Å². The lowest BCUT2D eigenvalue weighted by Gasteiger charge is -2.06. The third kappa shape index (κ3) is 3.51. The second-order valence-corrected chi connectivity index (χ2v) is 4.43. The van der Waals surface area contributed by atoms with E-state index in [1.54, 1.807) is 10.7 Å². The van der Waals surface area contributed by atoms with E-state index in [1.165, 1.54) is 12.1 Å². The van der Waals surface area contributed by atoms with Crippen molar-refractivity contribution in [3.8, 4) is 11.4 Å². The van der Waals surface area contributed by atoms with E-state index in [2.05, 4.69) is 22.4 Å². The molecule has 0 bridgehead atoms. The van der Waals surface area contributed by atoms with Crippen LogP contribution in [0.25, 0.3) is 11.4 Å². The Bertz CT molecular complexity index is 557. The summed E-state index contributed by atoms with van der Waals surface area (Å²) in [6.07, 6.45) is 2.14. The fourth-order valence-corrected chi connectivity index (χ4v) is 1.74. The van der Waals surface area contributed by atoms with Gasteiger partial charge < -0.3 is 10.5 Å². The maximum absolute atomic E-state index is 13.2. The number of hydrogen-bond acceptors (Lipinski definition) is 5. The fourth-order valence-electron chi connectivity index (χ4n) is 1.74. The Morgan fingerprint density at radius 2 is 2.20 bits per heavy atom. The molecule has 0 saturated carbocycles. The third-order valence-corrected chi connectivity index (χ3v) is 2.88. The van der Waals surface area contributed by atoms with E-state index in [4.69, 9.17) is 10.5 Å². The predicted molar refractivity (Wildman–Crippen MR) is 73.4 cm³/mol. The standard InChI is InChI=1S/C13H18FN5O/c1-2-3-7-20-8-6-19-13(16-17-18-19)10-4-5-11(14)12(15)9-10/h4-5,9H,2-3,6-8,15H2,1H3. The number of nitrogens with zero attached hydrogens (tertiary/aromatic N) is 4. The predicted octanol–water partition coefficient (Wildman–Crippen LogP) is 1.88. The molecule has 0 aliphatic heterocycles. The van der Waals surface area contributed by atoms with Crippen molar-refractivity contribution >= 4 is 5.69 Å². The van der Waals surface area contributed by atoms with Crippen LogP contribution in [0, 0.1) is 5.82 Å². The topological polar surface area (TPSA) is 78.8 Å². The van der Waals surface area contributed by atoms with Gasteiger partial charge in [0.05, 0.1) is 18.8 Å². The molecule has 0 amide bonds. The summed E-state index contributed by atoms with van der Waals surface area (Å²) in [6, 6.07) is 4.43. The molecule has 1 aromatic carbocycles. The molecule has 1 aromatic heterocycles. The van der Waals surface area contributed by atoms with Crippen molar-refractivity contribution in [3.63, 3.8) is 0 Å². The van der Waals surface area contributed by atoms with Gasteiger partial charge in [-0.2, -0.15) is 0 Å². The molecule has 108 valence electrons. The first-order valence-corrected chi connectivity index (χ1v) is 6.61. The Hall–Kier alpha value is -2.02. The van der Waals surface area contributed by atoms with Gasteiger partial charge in [-0.15, -0.1) is 5.10 Å². The van der Waals surface area contributed by atoms with Gasteiger partial charge in [0.15, 0.2) is 5.82 Å². The van der Waals surface area contributed by atoms with Gasteiger partial charge in [0.2, 0.25) is 0 Å². The van der Waals surface area contributed by atoms with Crippen LogP contribution in [-0.2, 0) is 11.3 Å². The van der Waals surface area contributed by atoms with Gasteiger partial charge in [-0.1, -0.05) is 13.3 Å². The van der Waals surface area contributed by atoms with Crippen LogP contribution in [0.15, 0.2) is 18.2 Å². The van der Waals surface area contributed by atoms with Gasteiger partial charge in [0, 0.05) is 12.2 Å². The molecule has 2 rings (SSSR count). The number of unbranched alkanes of at least 4 members (excludes halogenated alkanes) is 1. The SMILES string of the molecule is CCCCOCCn1nnnc1-c1ccc(F)c(N)c1. The first-order chi connectivity index (χ1) is 9.72. The Labute approximate surface area is 116 Å². The second-order valence-electron chi connectivity index (χ2n) is 4.43. The Morgan fingerprint density at radius 3 is 2.95 bits per heavy atom. The van der Waals surface area contributed by atoms with Crippen LogP contribution < -0.4 is 5.73 Å². The van der Waals surface area contributed by atoms with Crippen molar-refractivity contribution in [2.45, 2.75) is 26.3 Å². The summed E-state index contributed by atoms with van der Waals surface area (Å²) in [5.74, 6) is 0.103. The molecule has 0 fully saturated rings. The van der Waals surface area contributed by atoms with Crippen LogP contribution in [0.5, 0.6) is 0 Å². The first kappa shape index (κ1) is 14.4. The normalized spacial score (nSPS) is 10.9. The molecule has 20 heavy (non-hydrogen) atoms. The van der Waals surface area contributed by atoms with E-state index in [0.29, 0.717) is 24.5 Å². The van der Waals surface area contributed by atoms with Gasteiger partial charge in [-0.25, -0.2) is 9.07 Å². The molecule has 0 spiro atoms. The number of halogens is 1. The van der Waals surface area contributed by atoms with E-state index in [9.17, 15) is 4.39 Å². The zero-order valence-corrected chi connectivity index (χ0v) is 11.4. The summed E-state index contributed by atoms with van der Waals surface area (Å²) in [5.41, 5.74) is 6.32. The number of ether oxygens (including phenoxy) is 1. The Morgan fingerprint density at radius 1 is 1.35 bits per heavy atom. The number of nitrogen functional groups attached to an aromatic ring is 1. The average Bonchev–Trinajstić information content (AvgIpc) is 2.90. The molecule has 0 atom stereocenters. The molecule has 0 radical (unpaired) electrons. The van der Waals surface area contributed by atoms with E-state index < -0.39 is 5.82 Å². The summed E-state index contributed by atoms with van der Waals surface area (Å²) in [7, 11) is 0. The fraction of sp³-hybridized carbons (Fsp3) is 0.462. The molecule has 0 saturated heterocycles. The molecule has 0 unspecified atom stereocenters. The molecular formula is C13H18FN5O. The van der Waals surface area contributed by atoms with Gasteiger partial charge in [0.25, 0.3) is 0 Å². The minimum absolute atomic E-state index is 0.0799. The van der Waals surface area contributed by atoms with Crippen LogP contribution in [0.1, 0.15) is 19.8 Å². The minimum Gasteiger partial charge on any atom is -0.396 e. The van der Waals surface area contributed by atoms with Gasteiger partial charge in [0.1, 0.15) is 5.82 Å². The number of tetrazole rings is 1. The summed E-state index contributed by atoms with van der Waals surface area (Å²) >= 11 is 0. The zero-order chi connectivity index (χ0) is 14.4. The zero-order valence-electron chi connectivity index (χ0n) is 11.4. The summed E-state index contributed by atoms with van der Waals surface area (Å²) in [6.45, 7) is 3.93. The molecule has 2 aromatic rings. The number of nitrogens with two attached hydrogens (primary N) is 1. The Balaban J connectivity index is 2.02. The quantitative estimate of drug-likeness (QED) is 0.618. The van der Waals surface area contributed by atoms with Crippen LogP contribution in [0.3, 0.4) is 0 Å². The molecule has 2 N–H and O–H groups in total. The lowest BCUT2D eigenvalue weighted by molar-refractivity contribution is 0.121. The molecular weight excluding hydrogens is 261 g/mol. The number of anilines is 1. The van der Waals surface area contributed by atoms with Crippen molar-refractivity contribution in [2.75, 3.05) is 18.9 Å². The van der Waals surface area contributed by atoms with E-state index in [1.807, 2.05) is 0 Å². The van der Waals surface area contributed by atoms with Crippen LogP contribution in [0.4, 0.5) is 10.1 Å². The van der Waals surface area contributed by atoms with E-state index in [-0.39, 0.29) is 5.69 Å². The number of benzene rings is 1. The molecule has 0 aliphatic rings. The maximum Gasteiger partial charge on any atom is 0.182 e. The molecule has 1 heterocycles. The second kappa shape index (κ2) is 6.95. The van der Waals surface area contributed by atoms with Gasteiger partial charge in [-0.3, -0.25) is 0 Å². The van der Waals surface area contributed by atoms with Crippen molar-refractivity contribution in [2.24, 2.45) is 0 Å². The highest BCUT2D eigenvalue weighted by atomic mass is 19.1. The van der Waals surface area contributed by atoms with Gasteiger partial charge in [-0.05, 0) is 35.0 Å². The lowest BCUT2D eigenvalue weighted by atomic mass is 10.2. The highest BCUT2D eigenvalue weighted by Gasteiger charge is 2.10. The van der Waals surface area contributed by atoms with Crippen LogP contribution in [0.2, 0.25) is 0 Å². The van der Waals surface area contributed by atoms with E-state index >= 15 is 0 Å². The van der Waals surface area contributed by atoms with Gasteiger partial charge >= 0.3 is 0 Å². The average molecular weight is 279 g/mol.